The molecule has 0 unspecified atom stereocenters. The van der Waals surface area contributed by atoms with Crippen LogP contribution in [0.5, 0.6) is 0 Å². The van der Waals surface area contributed by atoms with Gasteiger partial charge in [-0.25, -0.2) is 9.97 Å². The topological polar surface area (TPSA) is 79.0 Å². The number of ether oxygens (including phenoxy) is 1. The van der Waals surface area contributed by atoms with Gasteiger partial charge in [0.25, 0.3) is 0 Å². The van der Waals surface area contributed by atoms with Gasteiger partial charge in [-0.15, -0.1) is 0 Å². The van der Waals surface area contributed by atoms with Gasteiger partial charge in [0.05, 0.1) is 18.6 Å². The highest BCUT2D eigenvalue weighted by molar-refractivity contribution is 6.12. The average molecular weight is 443 g/mol. The zero-order valence-electron chi connectivity index (χ0n) is 19.1. The van der Waals surface area contributed by atoms with Crippen LogP contribution in [-0.2, 0) is 4.74 Å². The molecule has 0 spiro atoms. The van der Waals surface area contributed by atoms with Crippen LogP contribution in [0.3, 0.4) is 0 Å². The van der Waals surface area contributed by atoms with Gasteiger partial charge in [0.1, 0.15) is 17.8 Å². The summed E-state index contributed by atoms with van der Waals surface area (Å²) in [6.07, 6.45) is 10.2. The predicted octanol–water partition coefficient (Wildman–Crippen LogP) is 4.54. The molecule has 1 aromatic carbocycles. The third kappa shape index (κ3) is 3.96. The second-order valence-corrected chi connectivity index (χ2v) is 9.32. The van der Waals surface area contributed by atoms with E-state index in [1.165, 1.54) is 29.5 Å². The van der Waals surface area contributed by atoms with Crippen LogP contribution in [0.4, 0.5) is 5.82 Å². The lowest BCUT2D eigenvalue weighted by Crippen LogP contribution is -2.46. The molecule has 4 heterocycles. The zero-order valence-corrected chi connectivity index (χ0v) is 19.1. The number of nitrogens with one attached hydrogen (secondary N) is 2. The van der Waals surface area contributed by atoms with E-state index in [-0.39, 0.29) is 0 Å². The van der Waals surface area contributed by atoms with Gasteiger partial charge in [-0.05, 0) is 67.5 Å². The number of pyridine rings is 1. The second kappa shape index (κ2) is 8.72. The number of aromatic amines is 1. The maximum Gasteiger partial charge on any atom is 0.143 e. The Hall–Kier alpha value is -3.03. The average Bonchev–Trinajstić information content (AvgIpc) is 3.24. The molecule has 4 aromatic rings. The first-order valence-corrected chi connectivity index (χ1v) is 12.0. The van der Waals surface area contributed by atoms with Crippen LogP contribution < -0.4 is 5.32 Å². The van der Waals surface area contributed by atoms with E-state index in [0.717, 1.165) is 66.9 Å². The van der Waals surface area contributed by atoms with Crippen molar-refractivity contribution in [3.63, 3.8) is 0 Å². The molecule has 0 bridgehead atoms. The summed E-state index contributed by atoms with van der Waals surface area (Å²) < 4.78 is 5.53. The number of nitrogens with zero attached hydrogens (tertiary/aromatic N) is 4. The van der Waals surface area contributed by atoms with Gasteiger partial charge < -0.3 is 15.0 Å². The summed E-state index contributed by atoms with van der Waals surface area (Å²) in [5.74, 6) is 0.935. The molecule has 1 saturated heterocycles. The number of hydrogen-bond acceptors (Lipinski definition) is 6. The molecule has 33 heavy (non-hydrogen) atoms. The monoisotopic (exact) mass is 442 g/mol. The van der Waals surface area contributed by atoms with E-state index in [0.29, 0.717) is 12.1 Å². The van der Waals surface area contributed by atoms with Gasteiger partial charge in [0.15, 0.2) is 0 Å². The Morgan fingerprint density at radius 2 is 1.91 bits per heavy atom. The zero-order chi connectivity index (χ0) is 22.2. The third-order valence-electron chi connectivity index (χ3n) is 7.32. The standard InChI is InChI=1S/C26H30N6O/c1-17-15-27-9-8-21(17)18-2-7-23-22(14-18)24-25(28-16-29-26(24)31-23)30-19-3-5-20(6-4-19)32-10-12-33-13-11-32/h2,7-9,14-16,19-20H,3-6,10-13H2,1H3,(H2,28,29,30,31). The molecule has 0 amide bonds. The normalized spacial score (nSPS) is 22.1. The number of aryl methyl sites for hydroxylation is 1. The number of morpholine rings is 1. The molecule has 0 radical (unpaired) electrons. The molecule has 7 heteroatoms. The molecule has 2 N–H and O–H groups in total. The molecule has 170 valence electrons. The van der Waals surface area contributed by atoms with Crippen LogP contribution in [0.1, 0.15) is 31.2 Å². The van der Waals surface area contributed by atoms with Gasteiger partial charge in [-0.3, -0.25) is 9.88 Å². The number of rotatable bonds is 4. The Bertz CT molecular complexity index is 1270. The van der Waals surface area contributed by atoms with Crippen LogP contribution >= 0.6 is 0 Å². The first-order chi connectivity index (χ1) is 16.3. The molecular formula is C26H30N6O. The first kappa shape index (κ1) is 20.6. The highest BCUT2D eigenvalue weighted by Crippen LogP contribution is 2.34. The van der Waals surface area contributed by atoms with Crippen molar-refractivity contribution in [1.82, 2.24) is 24.8 Å². The molecule has 2 aliphatic rings. The van der Waals surface area contributed by atoms with Gasteiger partial charge >= 0.3 is 0 Å². The molecule has 6 rings (SSSR count). The summed E-state index contributed by atoms with van der Waals surface area (Å²) in [7, 11) is 0. The summed E-state index contributed by atoms with van der Waals surface area (Å²) >= 11 is 0. The molecule has 1 saturated carbocycles. The summed E-state index contributed by atoms with van der Waals surface area (Å²) in [4.78, 5) is 19.5. The fourth-order valence-corrected chi connectivity index (χ4v) is 5.52. The minimum absolute atomic E-state index is 0.441. The second-order valence-electron chi connectivity index (χ2n) is 9.32. The quantitative estimate of drug-likeness (QED) is 0.483. The molecule has 7 nitrogen and oxygen atoms in total. The smallest absolute Gasteiger partial charge is 0.143 e. The van der Waals surface area contributed by atoms with Crippen LogP contribution in [-0.4, -0.2) is 63.2 Å². The Kier molecular flexibility index (Phi) is 5.44. The van der Waals surface area contributed by atoms with Crippen LogP contribution in [0.15, 0.2) is 43.0 Å². The van der Waals surface area contributed by atoms with Gasteiger partial charge in [0.2, 0.25) is 0 Å². The minimum Gasteiger partial charge on any atom is -0.379 e. The van der Waals surface area contributed by atoms with Crippen LogP contribution in [0.25, 0.3) is 33.1 Å². The lowest BCUT2D eigenvalue weighted by atomic mass is 9.90. The molecule has 1 aliphatic heterocycles. The number of fused-ring (bicyclic) bond motifs is 3. The van der Waals surface area contributed by atoms with Crippen molar-refractivity contribution in [2.75, 3.05) is 31.6 Å². The van der Waals surface area contributed by atoms with E-state index in [9.17, 15) is 0 Å². The van der Waals surface area contributed by atoms with Crippen molar-refractivity contribution in [2.24, 2.45) is 0 Å². The molecular weight excluding hydrogens is 412 g/mol. The van der Waals surface area contributed by atoms with E-state index in [2.05, 4.69) is 61.3 Å². The maximum absolute atomic E-state index is 5.53. The largest absolute Gasteiger partial charge is 0.379 e. The number of H-pyrrole nitrogens is 1. The van der Waals surface area contributed by atoms with E-state index >= 15 is 0 Å². The number of aromatic nitrogens is 4. The fraction of sp³-hybridized carbons (Fsp3) is 0.423. The SMILES string of the molecule is Cc1cnccc1-c1ccc2[nH]c3ncnc(NC4CCC(N5CCOCC5)CC4)c3c2c1. The Balaban J connectivity index is 1.28. The molecule has 2 fully saturated rings. The molecule has 0 atom stereocenters. The third-order valence-corrected chi connectivity index (χ3v) is 7.32. The summed E-state index contributed by atoms with van der Waals surface area (Å²) in [6.45, 7) is 6.00. The van der Waals surface area contributed by atoms with Crippen LogP contribution in [0.2, 0.25) is 0 Å². The highest BCUT2D eigenvalue weighted by atomic mass is 16.5. The summed E-state index contributed by atoms with van der Waals surface area (Å²) in [5, 5.41) is 6.01. The Labute approximate surface area is 193 Å². The Morgan fingerprint density at radius 1 is 1.06 bits per heavy atom. The van der Waals surface area contributed by atoms with E-state index in [1.54, 1.807) is 6.33 Å². The van der Waals surface area contributed by atoms with E-state index in [1.807, 2.05) is 12.4 Å². The summed E-state index contributed by atoms with van der Waals surface area (Å²) in [6, 6.07) is 9.76. The van der Waals surface area contributed by atoms with Gasteiger partial charge in [-0.2, -0.15) is 0 Å². The first-order valence-electron chi connectivity index (χ1n) is 12.0. The molecule has 1 aliphatic carbocycles. The van der Waals surface area contributed by atoms with Crippen molar-refractivity contribution in [1.29, 1.82) is 0 Å². The van der Waals surface area contributed by atoms with E-state index < -0.39 is 0 Å². The van der Waals surface area contributed by atoms with Gasteiger partial charge in [0, 0.05) is 48.5 Å². The predicted molar refractivity (Wildman–Crippen MR) is 131 cm³/mol. The number of anilines is 1. The minimum atomic E-state index is 0.441. The Morgan fingerprint density at radius 3 is 2.73 bits per heavy atom. The molecule has 3 aromatic heterocycles. The lowest BCUT2D eigenvalue weighted by molar-refractivity contribution is 0.00791. The summed E-state index contributed by atoms with van der Waals surface area (Å²) in [5.41, 5.74) is 5.52. The van der Waals surface area contributed by atoms with Gasteiger partial charge in [-0.1, -0.05) is 6.07 Å². The van der Waals surface area contributed by atoms with Crippen molar-refractivity contribution in [3.05, 3.63) is 48.5 Å². The van der Waals surface area contributed by atoms with Crippen molar-refractivity contribution < 1.29 is 4.74 Å². The lowest BCUT2D eigenvalue weighted by Gasteiger charge is -2.39. The maximum atomic E-state index is 5.53. The van der Waals surface area contributed by atoms with E-state index in [4.69, 9.17) is 4.74 Å². The fourth-order valence-electron chi connectivity index (χ4n) is 5.52. The highest BCUT2D eigenvalue weighted by Gasteiger charge is 2.27. The van der Waals surface area contributed by atoms with Crippen molar-refractivity contribution in [2.45, 2.75) is 44.7 Å². The van der Waals surface area contributed by atoms with Crippen molar-refractivity contribution >= 4 is 27.8 Å². The number of benzene rings is 1. The number of hydrogen-bond donors (Lipinski definition) is 2. The van der Waals surface area contributed by atoms with Crippen LogP contribution in [0, 0.1) is 6.92 Å². The van der Waals surface area contributed by atoms with Crippen molar-refractivity contribution in [3.8, 4) is 11.1 Å².